The minimum atomic E-state index is -0.743. The molecule has 0 aromatic rings. The van der Waals surface area contributed by atoms with E-state index >= 15 is 0 Å². The molecule has 2 bridgehead atoms. The molecule has 0 spiro atoms. The Hall–Kier alpha value is -0.900. The van der Waals surface area contributed by atoms with Gasteiger partial charge in [-0.15, -0.1) is 0 Å². The predicted molar refractivity (Wildman–Crippen MR) is 45.2 cm³/mol. The van der Waals surface area contributed by atoms with Crippen molar-refractivity contribution in [2.24, 2.45) is 10.8 Å². The van der Waals surface area contributed by atoms with Gasteiger partial charge in [0.1, 0.15) is 10.8 Å². The van der Waals surface area contributed by atoms with Crippen molar-refractivity contribution in [2.75, 3.05) is 0 Å². The molecule has 0 aromatic carbocycles. The van der Waals surface area contributed by atoms with Crippen molar-refractivity contribution < 1.29 is 19.1 Å². The molecule has 3 heterocycles. The van der Waals surface area contributed by atoms with E-state index in [-0.39, 0.29) is 12.2 Å². The molecule has 0 N–H and O–H groups in total. The Labute approximate surface area is 81.6 Å². The minimum Gasteiger partial charge on any atom is -0.392 e. The molecule has 4 nitrogen and oxygen atoms in total. The number of fused-ring (bicyclic) bond motifs is 5. The lowest BCUT2D eigenvalue weighted by atomic mass is 9.59. The monoisotopic (exact) mass is 196 g/mol. The Morgan fingerprint density at radius 2 is 1.50 bits per heavy atom. The Kier molecular flexibility index (Phi) is 1.22. The number of rotatable bonds is 0. The maximum atomic E-state index is 11.7. The molecule has 2 unspecified atom stereocenters. The summed E-state index contributed by atoms with van der Waals surface area (Å²) in [6, 6.07) is 0. The van der Waals surface area contributed by atoms with Gasteiger partial charge in [-0.25, -0.2) is 0 Å². The molecule has 76 valence electrons. The fourth-order valence-corrected chi connectivity index (χ4v) is 3.14. The Morgan fingerprint density at radius 1 is 1.07 bits per heavy atom. The molecule has 0 saturated carbocycles. The van der Waals surface area contributed by atoms with Crippen LogP contribution < -0.4 is 0 Å². The second kappa shape index (κ2) is 2.03. The maximum absolute atomic E-state index is 11.7. The molecule has 3 aliphatic rings. The summed E-state index contributed by atoms with van der Waals surface area (Å²) in [5.74, 6) is -0.811. The van der Waals surface area contributed by atoms with Crippen LogP contribution in [0, 0.1) is 10.8 Å². The normalized spacial score (nSPS) is 55.0. The summed E-state index contributed by atoms with van der Waals surface area (Å²) in [7, 11) is 0. The summed E-state index contributed by atoms with van der Waals surface area (Å²) in [4.78, 5) is 23.3. The van der Waals surface area contributed by atoms with Crippen LogP contribution >= 0.6 is 0 Å². The third-order valence-electron chi connectivity index (χ3n) is 4.42. The average molecular weight is 196 g/mol. The quantitative estimate of drug-likeness (QED) is 0.421. The molecule has 3 saturated heterocycles. The van der Waals surface area contributed by atoms with Crippen molar-refractivity contribution in [3.8, 4) is 0 Å². The van der Waals surface area contributed by atoms with E-state index in [9.17, 15) is 9.59 Å². The van der Waals surface area contributed by atoms with Gasteiger partial charge in [-0.2, -0.15) is 0 Å². The smallest absolute Gasteiger partial charge is 0.323 e. The molecular formula is C10H12O4. The third-order valence-corrected chi connectivity index (χ3v) is 4.42. The molecule has 3 rings (SSSR count). The maximum Gasteiger partial charge on any atom is 0.323 e. The van der Waals surface area contributed by atoms with E-state index in [0.717, 1.165) is 12.8 Å². The molecular weight excluding hydrogens is 184 g/mol. The number of hydrogen-bond acceptors (Lipinski definition) is 4. The van der Waals surface area contributed by atoms with Crippen LogP contribution in [0.4, 0.5) is 0 Å². The van der Waals surface area contributed by atoms with E-state index in [0.29, 0.717) is 0 Å². The summed E-state index contributed by atoms with van der Waals surface area (Å²) >= 11 is 0. The van der Waals surface area contributed by atoms with E-state index in [1.807, 2.05) is 0 Å². The van der Waals surface area contributed by atoms with Gasteiger partial charge in [0.05, 0.1) is 12.2 Å². The summed E-state index contributed by atoms with van der Waals surface area (Å²) in [6.45, 7) is 3.59. The van der Waals surface area contributed by atoms with E-state index in [4.69, 9.17) is 9.47 Å². The van der Waals surface area contributed by atoms with Crippen molar-refractivity contribution in [1.29, 1.82) is 0 Å². The first-order chi connectivity index (χ1) is 6.51. The van der Waals surface area contributed by atoms with Gasteiger partial charge in [0.2, 0.25) is 0 Å². The lowest BCUT2D eigenvalue weighted by Gasteiger charge is -2.34. The number of carbonyl (C=O) groups excluding carboxylic acids is 2. The topological polar surface area (TPSA) is 52.6 Å². The van der Waals surface area contributed by atoms with Crippen molar-refractivity contribution in [1.82, 2.24) is 0 Å². The highest BCUT2D eigenvalue weighted by Gasteiger charge is 2.76. The predicted octanol–water partition coefficient (Wildman–Crippen LogP) is 0.644. The molecule has 0 aliphatic carbocycles. The van der Waals surface area contributed by atoms with E-state index in [2.05, 4.69) is 0 Å². The number of carbonyl (C=O) groups is 2. The van der Waals surface area contributed by atoms with Gasteiger partial charge in [0.15, 0.2) is 0 Å². The zero-order valence-corrected chi connectivity index (χ0v) is 8.20. The van der Waals surface area contributed by atoms with Crippen molar-refractivity contribution in [3.63, 3.8) is 0 Å². The van der Waals surface area contributed by atoms with Crippen molar-refractivity contribution in [2.45, 2.75) is 38.9 Å². The van der Waals surface area contributed by atoms with E-state index in [1.165, 1.54) is 0 Å². The highest BCUT2D eigenvalue weighted by molar-refractivity contribution is 6.03. The molecule has 4 atom stereocenters. The third kappa shape index (κ3) is 0.557. The summed E-state index contributed by atoms with van der Waals surface area (Å²) in [6.07, 6.45) is 1.46. The van der Waals surface area contributed by atoms with Gasteiger partial charge in [-0.05, 0) is 26.7 Å². The first kappa shape index (κ1) is 8.41. The molecule has 0 aromatic heterocycles. The SMILES string of the molecule is C[C@@]12C(=O)OC(=O)[C@@]1(C)C1CCC2O1. The molecule has 3 aliphatic heterocycles. The average Bonchev–Trinajstić information content (AvgIpc) is 2.73. The lowest BCUT2D eigenvalue weighted by molar-refractivity contribution is -0.159. The summed E-state index contributed by atoms with van der Waals surface area (Å²) < 4.78 is 10.4. The Bertz CT molecular complexity index is 318. The highest BCUT2D eigenvalue weighted by atomic mass is 16.6. The Morgan fingerprint density at radius 3 is 1.93 bits per heavy atom. The second-order valence-corrected chi connectivity index (χ2v) is 4.77. The zero-order valence-electron chi connectivity index (χ0n) is 8.20. The Balaban J connectivity index is 2.21. The number of hydrogen-bond donors (Lipinski definition) is 0. The molecule has 0 radical (unpaired) electrons. The van der Waals surface area contributed by atoms with Crippen LogP contribution in [-0.4, -0.2) is 24.1 Å². The number of esters is 2. The second-order valence-electron chi connectivity index (χ2n) is 4.77. The molecule has 4 heteroatoms. The van der Waals surface area contributed by atoms with Crippen LogP contribution in [0.2, 0.25) is 0 Å². The van der Waals surface area contributed by atoms with Crippen LogP contribution in [0.3, 0.4) is 0 Å². The molecule has 3 fully saturated rings. The first-order valence-corrected chi connectivity index (χ1v) is 4.93. The van der Waals surface area contributed by atoms with Gasteiger partial charge in [0, 0.05) is 0 Å². The molecule has 0 amide bonds. The van der Waals surface area contributed by atoms with E-state index < -0.39 is 22.8 Å². The van der Waals surface area contributed by atoms with Crippen LogP contribution in [-0.2, 0) is 19.1 Å². The zero-order chi connectivity index (χ0) is 10.1. The van der Waals surface area contributed by atoms with E-state index in [1.54, 1.807) is 13.8 Å². The fourth-order valence-electron chi connectivity index (χ4n) is 3.14. The van der Waals surface area contributed by atoms with Crippen LogP contribution in [0.5, 0.6) is 0 Å². The van der Waals surface area contributed by atoms with Gasteiger partial charge in [0.25, 0.3) is 0 Å². The number of cyclic esters (lactones) is 2. The van der Waals surface area contributed by atoms with Crippen molar-refractivity contribution in [3.05, 3.63) is 0 Å². The lowest BCUT2D eigenvalue weighted by Crippen LogP contribution is -2.48. The largest absolute Gasteiger partial charge is 0.392 e. The van der Waals surface area contributed by atoms with Crippen LogP contribution in [0.25, 0.3) is 0 Å². The van der Waals surface area contributed by atoms with Gasteiger partial charge >= 0.3 is 11.9 Å². The van der Waals surface area contributed by atoms with Crippen LogP contribution in [0.1, 0.15) is 26.7 Å². The molecule has 14 heavy (non-hydrogen) atoms. The first-order valence-electron chi connectivity index (χ1n) is 4.93. The van der Waals surface area contributed by atoms with Gasteiger partial charge in [-0.1, -0.05) is 0 Å². The standard InChI is InChI=1S/C10H12O4/c1-9-5-3-4-6(13-5)10(9,2)8(12)14-7(9)11/h5-6H,3-4H2,1-2H3/t5?,6?,9-,10-/m1/s1. The fraction of sp³-hybridized carbons (Fsp3) is 0.800. The highest BCUT2D eigenvalue weighted by Crippen LogP contribution is 2.63. The van der Waals surface area contributed by atoms with Crippen molar-refractivity contribution >= 4 is 11.9 Å². The summed E-state index contributed by atoms with van der Waals surface area (Å²) in [5.41, 5.74) is -1.49. The van der Waals surface area contributed by atoms with Gasteiger partial charge < -0.3 is 9.47 Å². The van der Waals surface area contributed by atoms with Gasteiger partial charge in [-0.3, -0.25) is 9.59 Å². The minimum absolute atomic E-state index is 0.128. The van der Waals surface area contributed by atoms with Crippen LogP contribution in [0.15, 0.2) is 0 Å². The summed E-state index contributed by atoms with van der Waals surface area (Å²) in [5, 5.41) is 0. The number of ether oxygens (including phenoxy) is 2.